The van der Waals surface area contributed by atoms with Crippen molar-refractivity contribution in [1.29, 1.82) is 0 Å². The standard InChI is InChI=1S/C21H24N4/c1-21(2,17-11-7-4-8-12-17)18-15-24-20(25-19(18)22)23-14-13-16-9-5-3-6-10-16/h3-12,15H,13-14H2,1-2H3,(H3,22,23,24,25). The summed E-state index contributed by atoms with van der Waals surface area (Å²) in [6.45, 7) is 5.05. The molecule has 3 rings (SSSR count). The van der Waals surface area contributed by atoms with Crippen molar-refractivity contribution < 1.29 is 0 Å². The molecule has 0 unspecified atom stereocenters. The van der Waals surface area contributed by atoms with Gasteiger partial charge >= 0.3 is 0 Å². The third kappa shape index (κ3) is 3.97. The van der Waals surface area contributed by atoms with Crippen molar-refractivity contribution in [1.82, 2.24) is 9.97 Å². The van der Waals surface area contributed by atoms with Gasteiger partial charge in [-0.05, 0) is 17.5 Å². The second-order valence-electron chi connectivity index (χ2n) is 6.65. The molecule has 0 saturated carbocycles. The zero-order valence-corrected chi connectivity index (χ0v) is 14.7. The predicted molar refractivity (Wildman–Crippen MR) is 104 cm³/mol. The Kier molecular flexibility index (Phi) is 4.98. The van der Waals surface area contributed by atoms with E-state index in [1.165, 1.54) is 11.1 Å². The molecule has 3 N–H and O–H groups in total. The fraction of sp³-hybridized carbons (Fsp3) is 0.238. The van der Waals surface area contributed by atoms with Crippen LogP contribution in [0.1, 0.15) is 30.5 Å². The van der Waals surface area contributed by atoms with Crippen molar-refractivity contribution in [2.24, 2.45) is 0 Å². The maximum Gasteiger partial charge on any atom is 0.224 e. The smallest absolute Gasteiger partial charge is 0.224 e. The Balaban J connectivity index is 1.70. The molecule has 0 atom stereocenters. The SMILES string of the molecule is CC(C)(c1ccccc1)c1cnc(NCCc2ccccc2)nc1N. The molecule has 0 bridgehead atoms. The van der Waals surface area contributed by atoms with Crippen molar-refractivity contribution in [2.75, 3.05) is 17.6 Å². The molecule has 0 fully saturated rings. The summed E-state index contributed by atoms with van der Waals surface area (Å²) in [5.74, 6) is 1.09. The Labute approximate surface area is 149 Å². The van der Waals surface area contributed by atoms with E-state index in [2.05, 4.69) is 53.4 Å². The topological polar surface area (TPSA) is 63.8 Å². The number of benzene rings is 2. The first-order valence-corrected chi connectivity index (χ1v) is 8.53. The molecule has 0 saturated heterocycles. The number of nitrogens with zero attached hydrogens (tertiary/aromatic N) is 2. The maximum atomic E-state index is 6.24. The molecule has 0 aliphatic heterocycles. The molecule has 0 aliphatic rings. The highest BCUT2D eigenvalue weighted by Gasteiger charge is 2.26. The molecule has 3 aromatic rings. The molecule has 0 spiro atoms. The summed E-state index contributed by atoms with van der Waals surface area (Å²) in [7, 11) is 0. The number of nitrogen functional groups attached to an aromatic ring is 1. The van der Waals surface area contributed by atoms with E-state index >= 15 is 0 Å². The third-order valence-electron chi connectivity index (χ3n) is 4.53. The molecule has 1 aromatic heterocycles. The van der Waals surface area contributed by atoms with Gasteiger partial charge in [-0.2, -0.15) is 4.98 Å². The summed E-state index contributed by atoms with van der Waals surface area (Å²) in [6, 6.07) is 20.6. The highest BCUT2D eigenvalue weighted by molar-refractivity contribution is 5.51. The molecule has 0 amide bonds. The molecule has 25 heavy (non-hydrogen) atoms. The van der Waals surface area contributed by atoms with Crippen LogP contribution in [0.4, 0.5) is 11.8 Å². The number of aromatic nitrogens is 2. The van der Waals surface area contributed by atoms with Gasteiger partial charge in [0, 0.05) is 23.7 Å². The van der Waals surface area contributed by atoms with Crippen molar-refractivity contribution in [3.63, 3.8) is 0 Å². The summed E-state index contributed by atoms with van der Waals surface area (Å²) in [6.07, 6.45) is 2.75. The van der Waals surface area contributed by atoms with Crippen molar-refractivity contribution >= 4 is 11.8 Å². The molecular weight excluding hydrogens is 308 g/mol. The minimum absolute atomic E-state index is 0.242. The van der Waals surface area contributed by atoms with Crippen LogP contribution in [0.5, 0.6) is 0 Å². The average Bonchev–Trinajstić information content (AvgIpc) is 2.63. The van der Waals surface area contributed by atoms with E-state index in [0.717, 1.165) is 18.5 Å². The van der Waals surface area contributed by atoms with Crippen LogP contribution in [0.25, 0.3) is 0 Å². The molecule has 4 heteroatoms. The van der Waals surface area contributed by atoms with Gasteiger partial charge in [0.25, 0.3) is 0 Å². The Morgan fingerprint density at radius 3 is 2.24 bits per heavy atom. The first-order chi connectivity index (χ1) is 12.1. The number of nitrogens with two attached hydrogens (primary N) is 1. The largest absolute Gasteiger partial charge is 0.383 e. The molecule has 4 nitrogen and oxygen atoms in total. The Morgan fingerprint density at radius 1 is 0.960 bits per heavy atom. The molecule has 0 radical (unpaired) electrons. The number of hydrogen-bond donors (Lipinski definition) is 2. The fourth-order valence-corrected chi connectivity index (χ4v) is 2.94. The maximum absolute atomic E-state index is 6.24. The average molecular weight is 332 g/mol. The van der Waals surface area contributed by atoms with Gasteiger partial charge in [-0.25, -0.2) is 4.98 Å². The quantitative estimate of drug-likeness (QED) is 0.715. The summed E-state index contributed by atoms with van der Waals surface area (Å²) in [5.41, 5.74) is 9.40. The normalized spacial score (nSPS) is 11.3. The Morgan fingerprint density at radius 2 is 1.60 bits per heavy atom. The van der Waals surface area contributed by atoms with Gasteiger partial charge < -0.3 is 11.1 Å². The lowest BCUT2D eigenvalue weighted by molar-refractivity contribution is 0.637. The van der Waals surface area contributed by atoms with Gasteiger partial charge in [0.15, 0.2) is 0 Å². The molecular formula is C21H24N4. The molecule has 1 heterocycles. The van der Waals surface area contributed by atoms with E-state index in [4.69, 9.17) is 5.73 Å². The van der Waals surface area contributed by atoms with Crippen LogP contribution in [-0.2, 0) is 11.8 Å². The lowest BCUT2D eigenvalue weighted by Gasteiger charge is -2.26. The van der Waals surface area contributed by atoms with Gasteiger partial charge in [-0.3, -0.25) is 0 Å². The van der Waals surface area contributed by atoms with Crippen molar-refractivity contribution in [3.8, 4) is 0 Å². The number of hydrogen-bond acceptors (Lipinski definition) is 4. The lowest BCUT2D eigenvalue weighted by Crippen LogP contribution is -2.22. The van der Waals surface area contributed by atoms with E-state index in [0.29, 0.717) is 11.8 Å². The van der Waals surface area contributed by atoms with Crippen LogP contribution in [0, 0.1) is 0 Å². The van der Waals surface area contributed by atoms with Crippen LogP contribution in [0.3, 0.4) is 0 Å². The van der Waals surface area contributed by atoms with Gasteiger partial charge in [0.2, 0.25) is 5.95 Å². The van der Waals surface area contributed by atoms with Gasteiger partial charge in [-0.1, -0.05) is 74.5 Å². The number of nitrogens with one attached hydrogen (secondary N) is 1. The van der Waals surface area contributed by atoms with E-state index in [9.17, 15) is 0 Å². The zero-order chi connectivity index (χ0) is 17.7. The Hall–Kier alpha value is -2.88. The summed E-state index contributed by atoms with van der Waals surface area (Å²) >= 11 is 0. The Bertz CT molecular complexity index is 814. The van der Waals surface area contributed by atoms with Crippen LogP contribution >= 0.6 is 0 Å². The van der Waals surface area contributed by atoms with Crippen LogP contribution in [0.2, 0.25) is 0 Å². The van der Waals surface area contributed by atoms with Crippen LogP contribution in [0.15, 0.2) is 66.9 Å². The first-order valence-electron chi connectivity index (χ1n) is 8.53. The molecule has 128 valence electrons. The summed E-state index contributed by atoms with van der Waals surface area (Å²) in [5, 5.41) is 3.25. The molecule has 2 aromatic carbocycles. The van der Waals surface area contributed by atoms with E-state index in [1.807, 2.05) is 42.6 Å². The second kappa shape index (κ2) is 7.34. The molecule has 0 aliphatic carbocycles. The minimum Gasteiger partial charge on any atom is -0.383 e. The van der Waals surface area contributed by atoms with E-state index in [1.54, 1.807) is 0 Å². The van der Waals surface area contributed by atoms with E-state index < -0.39 is 0 Å². The summed E-state index contributed by atoms with van der Waals surface area (Å²) < 4.78 is 0. The van der Waals surface area contributed by atoms with Crippen molar-refractivity contribution in [2.45, 2.75) is 25.7 Å². The highest BCUT2D eigenvalue weighted by atomic mass is 15.1. The fourth-order valence-electron chi connectivity index (χ4n) is 2.94. The number of anilines is 2. The zero-order valence-electron chi connectivity index (χ0n) is 14.7. The van der Waals surface area contributed by atoms with Crippen molar-refractivity contribution in [3.05, 3.63) is 83.6 Å². The van der Waals surface area contributed by atoms with Crippen LogP contribution < -0.4 is 11.1 Å². The van der Waals surface area contributed by atoms with Gasteiger partial charge in [0.1, 0.15) is 5.82 Å². The van der Waals surface area contributed by atoms with Crippen LogP contribution in [-0.4, -0.2) is 16.5 Å². The van der Waals surface area contributed by atoms with Gasteiger partial charge in [-0.15, -0.1) is 0 Å². The van der Waals surface area contributed by atoms with E-state index in [-0.39, 0.29) is 5.41 Å². The predicted octanol–water partition coefficient (Wildman–Crippen LogP) is 4.04. The monoisotopic (exact) mass is 332 g/mol. The number of rotatable bonds is 6. The van der Waals surface area contributed by atoms with Gasteiger partial charge in [0.05, 0.1) is 0 Å². The second-order valence-corrected chi connectivity index (χ2v) is 6.65. The third-order valence-corrected chi connectivity index (χ3v) is 4.53. The summed E-state index contributed by atoms with van der Waals surface area (Å²) in [4.78, 5) is 8.91. The highest BCUT2D eigenvalue weighted by Crippen LogP contribution is 2.33. The minimum atomic E-state index is -0.242. The first kappa shape index (κ1) is 17.0. The lowest BCUT2D eigenvalue weighted by atomic mass is 9.79.